The molecule has 0 amide bonds. The second-order valence-electron chi connectivity index (χ2n) is 7.48. The number of halogens is 1. The van der Waals surface area contributed by atoms with Crippen LogP contribution in [0.1, 0.15) is 45.9 Å². The fourth-order valence-corrected chi connectivity index (χ4v) is 3.20. The van der Waals surface area contributed by atoms with Crippen molar-refractivity contribution in [2.45, 2.75) is 58.7 Å². The molecule has 0 radical (unpaired) electrons. The molecule has 2 aromatic heterocycles. The zero-order valence-electron chi connectivity index (χ0n) is 17.0. The molecule has 0 saturated heterocycles. The Kier molecular flexibility index (Phi) is 8.29. The van der Waals surface area contributed by atoms with Gasteiger partial charge in [0.05, 0.1) is 18.9 Å². The molecule has 2 aromatic rings. The molecule has 1 fully saturated rings. The largest absolute Gasteiger partial charge is 0.461 e. The van der Waals surface area contributed by atoms with Gasteiger partial charge >= 0.3 is 0 Å². The lowest BCUT2D eigenvalue weighted by atomic mass is 9.64. The predicted octanol–water partition coefficient (Wildman–Crippen LogP) is 3.33. The first-order valence-electron chi connectivity index (χ1n) is 9.58. The van der Waals surface area contributed by atoms with Crippen LogP contribution in [0.2, 0.25) is 0 Å². The molecule has 2 atom stereocenters. The van der Waals surface area contributed by atoms with Crippen LogP contribution in [0.25, 0.3) is 11.6 Å². The summed E-state index contributed by atoms with van der Waals surface area (Å²) < 4.78 is 11.3. The number of rotatable bonds is 8. The van der Waals surface area contributed by atoms with E-state index in [0.29, 0.717) is 30.3 Å². The average Bonchev–Trinajstić information content (AvgIpc) is 3.34. The molecule has 8 nitrogen and oxygen atoms in total. The molecule has 3 N–H and O–H groups in total. The summed E-state index contributed by atoms with van der Waals surface area (Å²) in [6.45, 7) is 8.00. The minimum Gasteiger partial charge on any atom is -0.461 e. The molecular weight excluding hydrogens is 471 g/mol. The number of aromatic amines is 1. The normalized spacial score (nSPS) is 20.9. The van der Waals surface area contributed by atoms with Gasteiger partial charge in [-0.2, -0.15) is 0 Å². The number of H-pyrrole nitrogens is 1. The molecule has 2 heterocycles. The van der Waals surface area contributed by atoms with Gasteiger partial charge in [-0.3, -0.25) is 10.1 Å². The highest BCUT2D eigenvalue weighted by Gasteiger charge is 2.49. The Labute approximate surface area is 183 Å². The van der Waals surface area contributed by atoms with Gasteiger partial charge in [0.1, 0.15) is 5.82 Å². The van der Waals surface area contributed by atoms with Gasteiger partial charge < -0.3 is 19.8 Å². The first kappa shape index (κ1) is 22.7. The molecule has 28 heavy (non-hydrogen) atoms. The van der Waals surface area contributed by atoms with Crippen molar-refractivity contribution in [2.24, 2.45) is 10.4 Å². The van der Waals surface area contributed by atoms with Crippen LogP contribution in [0, 0.1) is 5.41 Å². The summed E-state index contributed by atoms with van der Waals surface area (Å²) in [7, 11) is 1.77. The number of furan rings is 1. The summed E-state index contributed by atoms with van der Waals surface area (Å²) in [5.41, 5.74) is 0.0735. The van der Waals surface area contributed by atoms with Gasteiger partial charge in [0.2, 0.25) is 5.82 Å². The Balaban J connectivity index is 0.00000280. The van der Waals surface area contributed by atoms with Crippen molar-refractivity contribution < 1.29 is 9.15 Å². The van der Waals surface area contributed by atoms with Crippen LogP contribution < -0.4 is 10.6 Å². The first-order chi connectivity index (χ1) is 13.0. The summed E-state index contributed by atoms with van der Waals surface area (Å²) >= 11 is 0. The van der Waals surface area contributed by atoms with Gasteiger partial charge in [0, 0.05) is 25.1 Å². The maximum Gasteiger partial charge on any atom is 0.216 e. The quantitative estimate of drug-likeness (QED) is 0.222. The van der Waals surface area contributed by atoms with E-state index in [2.05, 4.69) is 51.6 Å². The first-order valence-corrected chi connectivity index (χ1v) is 9.58. The number of unbranched alkanes of at least 4 members (excludes halogenated alkanes) is 1. The zero-order valence-corrected chi connectivity index (χ0v) is 19.3. The van der Waals surface area contributed by atoms with Crippen LogP contribution in [0.5, 0.6) is 0 Å². The SMILES string of the molecule is CCCCOC1CC(NC(=NC)NCc2nc(-c3ccco3)n[nH]2)C1(C)C.I. The fourth-order valence-electron chi connectivity index (χ4n) is 3.20. The Morgan fingerprint density at radius 2 is 2.29 bits per heavy atom. The minimum absolute atomic E-state index is 0. The molecule has 2 unspecified atom stereocenters. The number of nitrogens with one attached hydrogen (secondary N) is 3. The predicted molar refractivity (Wildman–Crippen MR) is 120 cm³/mol. The molecule has 156 valence electrons. The Hall–Kier alpha value is -1.62. The molecule has 1 aliphatic rings. The third-order valence-corrected chi connectivity index (χ3v) is 5.23. The van der Waals surface area contributed by atoms with Crippen molar-refractivity contribution in [3.05, 3.63) is 24.2 Å². The number of ether oxygens (including phenoxy) is 1. The lowest BCUT2D eigenvalue weighted by molar-refractivity contribution is -0.113. The zero-order chi connectivity index (χ0) is 19.3. The van der Waals surface area contributed by atoms with E-state index in [1.807, 2.05) is 12.1 Å². The number of aliphatic imine (C=N–C) groups is 1. The molecule has 0 aliphatic heterocycles. The molecule has 1 saturated carbocycles. The lowest BCUT2D eigenvalue weighted by Crippen LogP contribution is -2.63. The van der Waals surface area contributed by atoms with Gasteiger partial charge in [-0.15, -0.1) is 29.1 Å². The van der Waals surface area contributed by atoms with Crippen LogP contribution in [0.15, 0.2) is 27.8 Å². The van der Waals surface area contributed by atoms with Crippen molar-refractivity contribution in [1.82, 2.24) is 25.8 Å². The van der Waals surface area contributed by atoms with Crippen LogP contribution in [-0.4, -0.2) is 46.9 Å². The number of aromatic nitrogens is 3. The van der Waals surface area contributed by atoms with Crippen molar-refractivity contribution in [3.63, 3.8) is 0 Å². The lowest BCUT2D eigenvalue weighted by Gasteiger charge is -2.52. The van der Waals surface area contributed by atoms with Crippen molar-refractivity contribution >= 4 is 29.9 Å². The highest BCUT2D eigenvalue weighted by molar-refractivity contribution is 14.0. The Morgan fingerprint density at radius 1 is 1.46 bits per heavy atom. The maximum absolute atomic E-state index is 6.01. The van der Waals surface area contributed by atoms with Crippen LogP contribution in [0.3, 0.4) is 0 Å². The van der Waals surface area contributed by atoms with E-state index in [9.17, 15) is 0 Å². The van der Waals surface area contributed by atoms with E-state index in [1.54, 1.807) is 13.3 Å². The summed E-state index contributed by atoms with van der Waals surface area (Å²) in [5, 5.41) is 13.9. The molecule has 9 heteroatoms. The Bertz CT molecular complexity index is 743. The highest BCUT2D eigenvalue weighted by atomic mass is 127. The molecule has 0 bridgehead atoms. The maximum atomic E-state index is 6.01. The molecule has 1 aliphatic carbocycles. The van der Waals surface area contributed by atoms with Gasteiger partial charge in [0.15, 0.2) is 11.7 Å². The number of guanidine groups is 1. The highest BCUT2D eigenvalue weighted by Crippen LogP contribution is 2.42. The van der Waals surface area contributed by atoms with E-state index >= 15 is 0 Å². The Morgan fingerprint density at radius 3 is 2.93 bits per heavy atom. The van der Waals surface area contributed by atoms with E-state index < -0.39 is 0 Å². The van der Waals surface area contributed by atoms with Gasteiger partial charge in [-0.25, -0.2) is 4.98 Å². The minimum atomic E-state index is 0. The summed E-state index contributed by atoms with van der Waals surface area (Å²) in [6.07, 6.45) is 5.17. The van der Waals surface area contributed by atoms with Crippen LogP contribution in [-0.2, 0) is 11.3 Å². The van der Waals surface area contributed by atoms with Crippen molar-refractivity contribution in [3.8, 4) is 11.6 Å². The summed E-state index contributed by atoms with van der Waals surface area (Å²) in [4.78, 5) is 8.75. The summed E-state index contributed by atoms with van der Waals surface area (Å²) in [6, 6.07) is 3.97. The standard InChI is InChI=1S/C19H30N6O2.HI/c1-5-6-9-27-15-11-14(19(15,2)3)22-18(20-4)21-12-16-23-17(25-24-16)13-8-7-10-26-13;/h7-8,10,14-15H,5-6,9,11-12H2,1-4H3,(H2,20,21,22)(H,23,24,25);1H. The number of hydrogen-bond donors (Lipinski definition) is 3. The second-order valence-corrected chi connectivity index (χ2v) is 7.48. The topological polar surface area (TPSA) is 100 Å². The number of nitrogens with zero attached hydrogens (tertiary/aromatic N) is 3. The third-order valence-electron chi connectivity index (χ3n) is 5.23. The number of hydrogen-bond acceptors (Lipinski definition) is 5. The monoisotopic (exact) mass is 502 g/mol. The van der Waals surface area contributed by atoms with Crippen molar-refractivity contribution in [1.29, 1.82) is 0 Å². The molecular formula is C19H31IN6O2. The summed E-state index contributed by atoms with van der Waals surface area (Å²) in [5.74, 6) is 2.66. The smallest absolute Gasteiger partial charge is 0.216 e. The van der Waals surface area contributed by atoms with E-state index in [4.69, 9.17) is 9.15 Å². The van der Waals surface area contributed by atoms with E-state index in [1.165, 1.54) is 0 Å². The van der Waals surface area contributed by atoms with Crippen LogP contribution >= 0.6 is 24.0 Å². The molecule has 3 rings (SSSR count). The molecule has 0 aromatic carbocycles. The van der Waals surface area contributed by atoms with E-state index in [0.717, 1.165) is 37.7 Å². The third kappa shape index (κ3) is 5.25. The van der Waals surface area contributed by atoms with Crippen LogP contribution in [0.4, 0.5) is 0 Å². The van der Waals surface area contributed by atoms with Gasteiger partial charge in [0.25, 0.3) is 0 Å². The average molecular weight is 502 g/mol. The van der Waals surface area contributed by atoms with Gasteiger partial charge in [-0.05, 0) is 25.0 Å². The van der Waals surface area contributed by atoms with Crippen molar-refractivity contribution in [2.75, 3.05) is 13.7 Å². The van der Waals surface area contributed by atoms with E-state index in [-0.39, 0.29) is 29.4 Å². The second kappa shape index (κ2) is 10.2. The van der Waals surface area contributed by atoms with Gasteiger partial charge in [-0.1, -0.05) is 27.2 Å². The molecule has 0 spiro atoms. The fraction of sp³-hybridized carbons (Fsp3) is 0.632.